The fraction of sp³-hybridized carbons (Fsp3) is 0.200. The predicted molar refractivity (Wildman–Crippen MR) is 95.4 cm³/mol. The summed E-state index contributed by atoms with van der Waals surface area (Å²) in [6.07, 6.45) is 8.88. The van der Waals surface area contributed by atoms with E-state index in [1.54, 1.807) is 0 Å². The molecule has 0 saturated carbocycles. The van der Waals surface area contributed by atoms with Crippen molar-refractivity contribution >= 4 is 35.4 Å². The summed E-state index contributed by atoms with van der Waals surface area (Å²) < 4.78 is 0. The van der Waals surface area contributed by atoms with Gasteiger partial charge in [-0.2, -0.15) is 0 Å². The van der Waals surface area contributed by atoms with Gasteiger partial charge in [-0.25, -0.2) is 0 Å². The topological polar surface area (TPSA) is 0 Å². The van der Waals surface area contributed by atoms with Crippen molar-refractivity contribution in [1.82, 2.24) is 0 Å². The third kappa shape index (κ3) is 2.22. The molecule has 0 aromatic heterocycles. The molecular formula is C20H16Cl2. The van der Waals surface area contributed by atoms with E-state index in [0.717, 1.165) is 0 Å². The van der Waals surface area contributed by atoms with E-state index < -0.39 is 4.84 Å². The minimum Gasteiger partial charge on any atom is -0.105 e. The lowest BCUT2D eigenvalue weighted by Gasteiger charge is -2.30. The van der Waals surface area contributed by atoms with Crippen LogP contribution < -0.4 is 0 Å². The molecule has 4 rings (SSSR count). The van der Waals surface area contributed by atoms with Gasteiger partial charge in [0.05, 0.1) is 0 Å². The van der Waals surface area contributed by atoms with E-state index >= 15 is 0 Å². The highest BCUT2D eigenvalue weighted by Gasteiger charge is 2.37. The molecule has 2 atom stereocenters. The molecular weight excluding hydrogens is 311 g/mol. The Bertz CT molecular complexity index is 696. The zero-order valence-electron chi connectivity index (χ0n) is 12.0. The Morgan fingerprint density at radius 2 is 1.14 bits per heavy atom. The Hall–Kier alpha value is -1.50. The summed E-state index contributed by atoms with van der Waals surface area (Å²) >= 11 is 12.9. The predicted octanol–water partition coefficient (Wildman–Crippen LogP) is 6.03. The maximum atomic E-state index is 6.43. The van der Waals surface area contributed by atoms with E-state index in [1.807, 2.05) is 0 Å². The van der Waals surface area contributed by atoms with Crippen molar-refractivity contribution in [2.24, 2.45) is 5.92 Å². The van der Waals surface area contributed by atoms with E-state index in [1.165, 1.54) is 22.3 Å². The van der Waals surface area contributed by atoms with Crippen molar-refractivity contribution in [3.63, 3.8) is 0 Å². The summed E-state index contributed by atoms with van der Waals surface area (Å²) in [7, 11) is 0. The molecule has 22 heavy (non-hydrogen) atoms. The molecule has 2 aliphatic carbocycles. The van der Waals surface area contributed by atoms with Crippen molar-refractivity contribution in [2.75, 3.05) is 0 Å². The maximum absolute atomic E-state index is 6.43. The van der Waals surface area contributed by atoms with Gasteiger partial charge < -0.3 is 0 Å². The molecule has 0 N–H and O–H groups in total. The maximum Gasteiger partial charge on any atom is 0.112 e. The van der Waals surface area contributed by atoms with Crippen molar-refractivity contribution in [1.29, 1.82) is 0 Å². The van der Waals surface area contributed by atoms with Gasteiger partial charge in [-0.3, -0.25) is 0 Å². The second-order valence-corrected chi connectivity index (χ2v) is 7.10. The van der Waals surface area contributed by atoms with E-state index in [-0.39, 0.29) is 17.8 Å². The third-order valence-electron chi connectivity index (χ3n) is 4.80. The fourth-order valence-electron chi connectivity index (χ4n) is 3.76. The highest BCUT2D eigenvalue weighted by Crippen LogP contribution is 2.49. The first kappa shape index (κ1) is 14.1. The number of fused-ring (bicyclic) bond motifs is 2. The molecule has 110 valence electrons. The molecule has 0 bridgehead atoms. The lowest BCUT2D eigenvalue weighted by molar-refractivity contribution is 0.468. The summed E-state index contributed by atoms with van der Waals surface area (Å²) in [5, 5.41) is 0. The molecule has 0 saturated heterocycles. The molecule has 0 radical (unpaired) electrons. The van der Waals surface area contributed by atoms with Gasteiger partial charge >= 0.3 is 0 Å². The molecule has 0 nitrogen and oxygen atoms in total. The van der Waals surface area contributed by atoms with Gasteiger partial charge in [-0.15, -0.1) is 23.2 Å². The van der Waals surface area contributed by atoms with Crippen LogP contribution in [-0.2, 0) is 0 Å². The standard InChI is InChI=1S/C20H16Cl2/c21-20(22)19(17-11-9-13-5-1-3-7-15(13)17)18-12-10-14-6-2-4-8-16(14)18/h1-12,17-20H. The zero-order chi connectivity index (χ0) is 15.1. The smallest absolute Gasteiger partial charge is 0.105 e. The lowest BCUT2D eigenvalue weighted by Crippen LogP contribution is -2.23. The molecule has 0 amide bonds. The van der Waals surface area contributed by atoms with Crippen LogP contribution in [0.2, 0.25) is 0 Å². The highest BCUT2D eigenvalue weighted by atomic mass is 35.5. The Labute approximate surface area is 141 Å². The first-order chi connectivity index (χ1) is 10.8. The van der Waals surface area contributed by atoms with Gasteiger partial charge in [0.15, 0.2) is 0 Å². The Morgan fingerprint density at radius 3 is 1.59 bits per heavy atom. The lowest BCUT2D eigenvalue weighted by atomic mass is 9.78. The normalized spacial score (nSPS) is 22.9. The molecule has 0 fully saturated rings. The van der Waals surface area contributed by atoms with Crippen molar-refractivity contribution in [3.8, 4) is 0 Å². The van der Waals surface area contributed by atoms with Crippen LogP contribution in [0, 0.1) is 5.92 Å². The molecule has 0 spiro atoms. The average molecular weight is 327 g/mol. The van der Waals surface area contributed by atoms with Crippen LogP contribution >= 0.6 is 23.2 Å². The molecule has 2 aromatic rings. The number of benzene rings is 2. The van der Waals surface area contributed by atoms with E-state index in [0.29, 0.717) is 0 Å². The van der Waals surface area contributed by atoms with Gasteiger partial charge in [0.1, 0.15) is 4.84 Å². The summed E-state index contributed by atoms with van der Waals surface area (Å²) in [6.45, 7) is 0. The summed E-state index contributed by atoms with van der Waals surface area (Å²) in [4.78, 5) is -0.415. The number of rotatable bonds is 3. The Morgan fingerprint density at radius 1 is 0.682 bits per heavy atom. The van der Waals surface area contributed by atoms with Gasteiger partial charge in [0, 0.05) is 17.8 Å². The monoisotopic (exact) mass is 326 g/mol. The number of alkyl halides is 2. The van der Waals surface area contributed by atoms with Gasteiger partial charge in [-0.1, -0.05) is 72.8 Å². The first-order valence-electron chi connectivity index (χ1n) is 7.58. The van der Waals surface area contributed by atoms with Crippen LogP contribution in [0.5, 0.6) is 0 Å². The summed E-state index contributed by atoms with van der Waals surface area (Å²) in [5.41, 5.74) is 5.22. The SMILES string of the molecule is ClC(Cl)C(C1C=Cc2ccccc21)C1C=Cc2ccccc21. The number of hydrogen-bond acceptors (Lipinski definition) is 0. The van der Waals surface area contributed by atoms with Gasteiger partial charge in [0.25, 0.3) is 0 Å². The van der Waals surface area contributed by atoms with Crippen LogP contribution in [-0.4, -0.2) is 4.84 Å². The highest BCUT2D eigenvalue weighted by molar-refractivity contribution is 6.44. The van der Waals surface area contributed by atoms with Crippen LogP contribution in [0.4, 0.5) is 0 Å². The molecule has 0 aliphatic heterocycles. The number of allylic oxidation sites excluding steroid dienone is 2. The largest absolute Gasteiger partial charge is 0.112 e. The number of halogens is 2. The second kappa shape index (κ2) is 5.61. The van der Waals surface area contributed by atoms with Gasteiger partial charge in [0.2, 0.25) is 0 Å². The average Bonchev–Trinajstić information content (AvgIpc) is 3.13. The summed E-state index contributed by atoms with van der Waals surface area (Å²) in [5.74, 6) is 0.664. The third-order valence-corrected chi connectivity index (χ3v) is 5.38. The van der Waals surface area contributed by atoms with Crippen molar-refractivity contribution < 1.29 is 0 Å². The van der Waals surface area contributed by atoms with E-state index in [4.69, 9.17) is 23.2 Å². The summed E-state index contributed by atoms with van der Waals surface area (Å²) in [6, 6.07) is 17.0. The van der Waals surface area contributed by atoms with Crippen LogP contribution in [0.3, 0.4) is 0 Å². The fourth-order valence-corrected chi connectivity index (χ4v) is 4.39. The van der Waals surface area contributed by atoms with Crippen molar-refractivity contribution in [3.05, 3.63) is 82.9 Å². The van der Waals surface area contributed by atoms with Crippen LogP contribution in [0.15, 0.2) is 60.7 Å². The Balaban J connectivity index is 1.76. The first-order valence-corrected chi connectivity index (χ1v) is 8.45. The number of hydrogen-bond donors (Lipinski definition) is 0. The van der Waals surface area contributed by atoms with Crippen LogP contribution in [0.1, 0.15) is 34.1 Å². The minimum absolute atomic E-state index is 0.142. The minimum atomic E-state index is -0.415. The second-order valence-electron chi connectivity index (χ2n) is 5.94. The molecule has 2 aliphatic rings. The quantitative estimate of drug-likeness (QED) is 0.604. The Kier molecular flexibility index (Phi) is 3.60. The van der Waals surface area contributed by atoms with Crippen LogP contribution in [0.25, 0.3) is 12.2 Å². The van der Waals surface area contributed by atoms with E-state index in [9.17, 15) is 0 Å². The molecule has 2 unspecified atom stereocenters. The molecule has 2 heteroatoms. The molecule has 0 heterocycles. The van der Waals surface area contributed by atoms with E-state index in [2.05, 4.69) is 72.8 Å². The van der Waals surface area contributed by atoms with Gasteiger partial charge in [-0.05, 0) is 22.3 Å². The van der Waals surface area contributed by atoms with Crippen molar-refractivity contribution in [2.45, 2.75) is 16.7 Å². The molecule has 2 aromatic carbocycles. The zero-order valence-corrected chi connectivity index (χ0v) is 13.5.